The highest BCUT2D eigenvalue weighted by atomic mass is 16.5. The Labute approximate surface area is 88.6 Å². The van der Waals surface area contributed by atoms with Crippen molar-refractivity contribution in [2.24, 2.45) is 0 Å². The highest BCUT2D eigenvalue weighted by Crippen LogP contribution is 1.91. The van der Waals surface area contributed by atoms with E-state index in [2.05, 4.69) is 15.4 Å². The number of methoxy groups -OCH3 is 1. The SMILES string of the molecule is COCNC(=O)NC[N+](C)(C)CC(=O)[O-]. The molecule has 0 aromatic heterocycles. The maximum atomic E-state index is 11.1. The number of amides is 2. The summed E-state index contributed by atoms with van der Waals surface area (Å²) in [6.07, 6.45) is 0. The number of hydrogen-bond donors (Lipinski definition) is 2. The molecule has 0 aliphatic rings. The van der Waals surface area contributed by atoms with Crippen molar-refractivity contribution in [1.82, 2.24) is 10.6 Å². The van der Waals surface area contributed by atoms with Gasteiger partial charge in [0.1, 0.15) is 13.3 Å². The smallest absolute Gasteiger partial charge is 0.320 e. The minimum Gasteiger partial charge on any atom is -0.544 e. The maximum Gasteiger partial charge on any atom is 0.320 e. The zero-order valence-electron chi connectivity index (χ0n) is 9.20. The normalized spacial score (nSPS) is 10.9. The first-order valence-corrected chi connectivity index (χ1v) is 4.40. The Balaban J connectivity index is 3.82. The third-order valence-corrected chi connectivity index (χ3v) is 1.60. The number of carbonyl (C=O) groups is 2. The molecule has 0 rings (SSSR count). The summed E-state index contributed by atoms with van der Waals surface area (Å²) in [4.78, 5) is 21.4. The molecule has 0 bridgehead atoms. The van der Waals surface area contributed by atoms with Gasteiger partial charge in [0.2, 0.25) is 0 Å². The van der Waals surface area contributed by atoms with E-state index >= 15 is 0 Å². The molecule has 2 amide bonds. The van der Waals surface area contributed by atoms with E-state index in [0.29, 0.717) is 0 Å². The zero-order valence-corrected chi connectivity index (χ0v) is 9.20. The predicted molar refractivity (Wildman–Crippen MR) is 50.4 cm³/mol. The molecular formula is C8H17N3O4. The first kappa shape index (κ1) is 13.7. The second-order valence-electron chi connectivity index (χ2n) is 3.74. The van der Waals surface area contributed by atoms with Crippen LogP contribution in [0.5, 0.6) is 0 Å². The Kier molecular flexibility index (Phi) is 5.65. The fourth-order valence-electron chi connectivity index (χ4n) is 0.891. The molecule has 0 radical (unpaired) electrons. The van der Waals surface area contributed by atoms with Crippen molar-refractivity contribution in [3.8, 4) is 0 Å². The van der Waals surface area contributed by atoms with Crippen LogP contribution in [-0.4, -0.2) is 57.6 Å². The minimum absolute atomic E-state index is 0.111. The molecule has 2 N–H and O–H groups in total. The number of carboxylic acids is 1. The predicted octanol–water partition coefficient (Wildman–Crippen LogP) is -2.33. The van der Waals surface area contributed by atoms with E-state index in [1.165, 1.54) is 7.11 Å². The topological polar surface area (TPSA) is 90.5 Å². The van der Waals surface area contributed by atoms with E-state index in [1.54, 1.807) is 14.1 Å². The molecule has 0 aromatic rings. The Morgan fingerprint density at radius 1 is 1.33 bits per heavy atom. The first-order valence-electron chi connectivity index (χ1n) is 4.40. The molecule has 7 nitrogen and oxygen atoms in total. The van der Waals surface area contributed by atoms with Gasteiger partial charge in [-0.2, -0.15) is 0 Å². The lowest BCUT2D eigenvalue weighted by molar-refractivity contribution is -0.886. The Bertz CT molecular complexity index is 230. The lowest BCUT2D eigenvalue weighted by atomic mass is 10.5. The van der Waals surface area contributed by atoms with E-state index in [0.717, 1.165) is 0 Å². The van der Waals surface area contributed by atoms with Gasteiger partial charge in [-0.3, -0.25) is 5.32 Å². The number of likely N-dealkylation sites (N-methyl/N-ethyl adjacent to an activating group) is 1. The van der Waals surface area contributed by atoms with Crippen LogP contribution < -0.4 is 15.7 Å². The van der Waals surface area contributed by atoms with E-state index in [4.69, 9.17) is 0 Å². The van der Waals surface area contributed by atoms with Crippen LogP contribution in [0.3, 0.4) is 0 Å². The maximum absolute atomic E-state index is 11.1. The van der Waals surface area contributed by atoms with Gasteiger partial charge in [0.05, 0.1) is 20.1 Å². The minimum atomic E-state index is -1.15. The van der Waals surface area contributed by atoms with E-state index < -0.39 is 12.0 Å². The standard InChI is InChI=1S/C8H17N3O4/c1-11(2,4-7(12)13)5-9-8(14)10-6-15-3/h4-6H2,1-3H3,(H2-,9,10,12,13,14). The quantitative estimate of drug-likeness (QED) is 0.387. The molecule has 0 fully saturated rings. The second kappa shape index (κ2) is 6.20. The monoisotopic (exact) mass is 219 g/mol. The molecule has 88 valence electrons. The zero-order chi connectivity index (χ0) is 11.9. The highest BCUT2D eigenvalue weighted by molar-refractivity contribution is 5.73. The Morgan fingerprint density at radius 3 is 2.40 bits per heavy atom. The van der Waals surface area contributed by atoms with Crippen LogP contribution in [0, 0.1) is 0 Å². The van der Waals surface area contributed by atoms with Gasteiger partial charge >= 0.3 is 6.03 Å². The fraction of sp³-hybridized carbons (Fsp3) is 0.750. The third-order valence-electron chi connectivity index (χ3n) is 1.60. The molecule has 15 heavy (non-hydrogen) atoms. The van der Waals surface area contributed by atoms with E-state index in [-0.39, 0.29) is 24.4 Å². The van der Waals surface area contributed by atoms with E-state index in [1.807, 2.05) is 0 Å². The summed E-state index contributed by atoms with van der Waals surface area (Å²) in [6.45, 7) is 0.147. The highest BCUT2D eigenvalue weighted by Gasteiger charge is 2.15. The summed E-state index contributed by atoms with van der Waals surface area (Å²) in [5, 5.41) is 15.3. The van der Waals surface area contributed by atoms with Crippen LogP contribution in [0.15, 0.2) is 0 Å². The van der Waals surface area contributed by atoms with Crippen molar-refractivity contribution >= 4 is 12.0 Å². The molecule has 0 saturated heterocycles. The molecule has 0 aliphatic heterocycles. The molecule has 0 heterocycles. The Morgan fingerprint density at radius 2 is 1.93 bits per heavy atom. The molecule has 7 heteroatoms. The number of urea groups is 1. The van der Waals surface area contributed by atoms with Crippen LogP contribution in [0.1, 0.15) is 0 Å². The molecular weight excluding hydrogens is 202 g/mol. The van der Waals surface area contributed by atoms with E-state index in [9.17, 15) is 14.7 Å². The summed E-state index contributed by atoms with van der Waals surface area (Å²) in [6, 6.07) is -0.401. The van der Waals surface area contributed by atoms with Crippen molar-refractivity contribution in [2.45, 2.75) is 0 Å². The van der Waals surface area contributed by atoms with Crippen molar-refractivity contribution in [2.75, 3.05) is 41.1 Å². The molecule has 0 spiro atoms. The summed E-state index contributed by atoms with van der Waals surface area (Å²) in [5.74, 6) is -1.15. The fourth-order valence-corrected chi connectivity index (χ4v) is 0.891. The number of nitrogens with one attached hydrogen (secondary N) is 2. The number of quaternary nitrogens is 1. The second-order valence-corrected chi connectivity index (χ2v) is 3.74. The van der Waals surface area contributed by atoms with Gasteiger partial charge < -0.3 is 24.4 Å². The molecule has 0 aromatic carbocycles. The van der Waals surface area contributed by atoms with Gasteiger partial charge in [0.15, 0.2) is 6.67 Å². The van der Waals surface area contributed by atoms with Crippen LogP contribution in [0.2, 0.25) is 0 Å². The third kappa shape index (κ3) is 7.71. The van der Waals surface area contributed by atoms with Crippen LogP contribution >= 0.6 is 0 Å². The lowest BCUT2D eigenvalue weighted by Crippen LogP contribution is -2.55. The van der Waals surface area contributed by atoms with Crippen LogP contribution in [0.25, 0.3) is 0 Å². The Hall–Kier alpha value is -1.34. The summed E-state index contributed by atoms with van der Waals surface area (Å²) < 4.78 is 4.74. The summed E-state index contributed by atoms with van der Waals surface area (Å²) in [5.41, 5.74) is 0. The molecule has 0 aliphatic carbocycles. The van der Waals surface area contributed by atoms with Gasteiger partial charge in [0, 0.05) is 7.11 Å². The summed E-state index contributed by atoms with van der Waals surface area (Å²) >= 11 is 0. The van der Waals surface area contributed by atoms with Crippen molar-refractivity contribution in [3.05, 3.63) is 0 Å². The lowest BCUT2D eigenvalue weighted by Gasteiger charge is -2.29. The van der Waals surface area contributed by atoms with Crippen molar-refractivity contribution < 1.29 is 23.9 Å². The number of carbonyl (C=O) groups excluding carboxylic acids is 2. The van der Waals surface area contributed by atoms with Crippen LogP contribution in [0.4, 0.5) is 4.79 Å². The first-order chi connectivity index (χ1) is 6.87. The number of rotatable bonds is 6. The summed E-state index contributed by atoms with van der Waals surface area (Å²) in [7, 11) is 4.80. The van der Waals surface area contributed by atoms with Gasteiger partial charge in [0.25, 0.3) is 0 Å². The molecule has 0 unspecified atom stereocenters. The number of nitrogens with zero attached hydrogens (tertiary/aromatic N) is 1. The van der Waals surface area contributed by atoms with Gasteiger partial charge in [-0.1, -0.05) is 0 Å². The van der Waals surface area contributed by atoms with Crippen molar-refractivity contribution in [3.63, 3.8) is 0 Å². The number of aliphatic carboxylic acids is 1. The molecule has 0 atom stereocenters. The average molecular weight is 219 g/mol. The van der Waals surface area contributed by atoms with Gasteiger partial charge in [-0.05, 0) is 0 Å². The number of ether oxygens (including phenoxy) is 1. The largest absolute Gasteiger partial charge is 0.544 e. The average Bonchev–Trinajstić information content (AvgIpc) is 2.09. The number of hydrogen-bond acceptors (Lipinski definition) is 4. The molecule has 0 saturated carbocycles. The van der Waals surface area contributed by atoms with Gasteiger partial charge in [-0.15, -0.1) is 0 Å². The van der Waals surface area contributed by atoms with Gasteiger partial charge in [-0.25, -0.2) is 4.79 Å². The van der Waals surface area contributed by atoms with Crippen molar-refractivity contribution in [1.29, 1.82) is 0 Å². The number of carboxylic acid groups (broad SMARTS) is 1. The van der Waals surface area contributed by atoms with Crippen LogP contribution in [-0.2, 0) is 9.53 Å².